The SMILES string of the molecule is c1ccc(C2CNCCN2Cc2cccc3ccncc23)cc1. The molecular weight excluding hydrogens is 282 g/mol. The van der Waals surface area contributed by atoms with Crippen LogP contribution in [-0.2, 0) is 6.54 Å². The first-order valence-corrected chi connectivity index (χ1v) is 8.23. The molecule has 0 aliphatic carbocycles. The Morgan fingerprint density at radius 3 is 2.87 bits per heavy atom. The minimum Gasteiger partial charge on any atom is -0.314 e. The van der Waals surface area contributed by atoms with Crippen LogP contribution in [0.3, 0.4) is 0 Å². The number of pyridine rings is 1. The van der Waals surface area contributed by atoms with Crippen LogP contribution in [0, 0.1) is 0 Å². The van der Waals surface area contributed by atoms with Crippen molar-refractivity contribution in [2.24, 2.45) is 0 Å². The molecule has 1 N–H and O–H groups in total. The van der Waals surface area contributed by atoms with Gasteiger partial charge < -0.3 is 5.32 Å². The second kappa shape index (κ2) is 6.49. The molecule has 1 atom stereocenters. The van der Waals surface area contributed by atoms with Crippen LogP contribution < -0.4 is 5.32 Å². The molecule has 116 valence electrons. The van der Waals surface area contributed by atoms with Gasteiger partial charge in [-0.15, -0.1) is 0 Å². The lowest BCUT2D eigenvalue weighted by Crippen LogP contribution is -2.45. The van der Waals surface area contributed by atoms with Gasteiger partial charge in [0.05, 0.1) is 0 Å². The van der Waals surface area contributed by atoms with E-state index in [2.05, 4.69) is 69.8 Å². The summed E-state index contributed by atoms with van der Waals surface area (Å²) in [4.78, 5) is 6.89. The Balaban J connectivity index is 1.65. The van der Waals surface area contributed by atoms with Crippen molar-refractivity contribution in [1.29, 1.82) is 0 Å². The van der Waals surface area contributed by atoms with Gasteiger partial charge in [0, 0.05) is 50.0 Å². The average molecular weight is 303 g/mol. The van der Waals surface area contributed by atoms with Crippen LogP contribution in [0.5, 0.6) is 0 Å². The largest absolute Gasteiger partial charge is 0.314 e. The minimum atomic E-state index is 0.428. The summed E-state index contributed by atoms with van der Waals surface area (Å²) in [6.07, 6.45) is 3.86. The van der Waals surface area contributed by atoms with E-state index in [0.29, 0.717) is 6.04 Å². The topological polar surface area (TPSA) is 28.2 Å². The molecule has 1 aliphatic rings. The van der Waals surface area contributed by atoms with Gasteiger partial charge in [0.2, 0.25) is 0 Å². The Bertz CT molecular complexity index is 780. The zero-order chi connectivity index (χ0) is 15.5. The standard InChI is InChI=1S/C20H21N3/c1-2-5-17(6-3-1)20-14-22-11-12-23(20)15-18-8-4-7-16-9-10-21-13-19(16)18/h1-10,13,20,22H,11-12,14-15H2. The Hall–Kier alpha value is -2.23. The highest BCUT2D eigenvalue weighted by Gasteiger charge is 2.23. The lowest BCUT2D eigenvalue weighted by atomic mass is 10.0. The lowest BCUT2D eigenvalue weighted by molar-refractivity contribution is 0.154. The van der Waals surface area contributed by atoms with Crippen molar-refractivity contribution in [2.45, 2.75) is 12.6 Å². The fourth-order valence-electron chi connectivity index (χ4n) is 3.47. The number of fused-ring (bicyclic) bond motifs is 1. The molecular formula is C20H21N3. The van der Waals surface area contributed by atoms with Crippen LogP contribution in [0.2, 0.25) is 0 Å². The maximum atomic E-state index is 4.31. The van der Waals surface area contributed by atoms with E-state index < -0.39 is 0 Å². The van der Waals surface area contributed by atoms with Crippen molar-refractivity contribution < 1.29 is 0 Å². The maximum absolute atomic E-state index is 4.31. The summed E-state index contributed by atoms with van der Waals surface area (Å²) in [5.41, 5.74) is 2.75. The van der Waals surface area contributed by atoms with Crippen LogP contribution >= 0.6 is 0 Å². The van der Waals surface area contributed by atoms with Gasteiger partial charge in [0.1, 0.15) is 0 Å². The van der Waals surface area contributed by atoms with E-state index in [9.17, 15) is 0 Å². The van der Waals surface area contributed by atoms with Gasteiger partial charge in [-0.2, -0.15) is 0 Å². The number of hydrogen-bond acceptors (Lipinski definition) is 3. The second-order valence-corrected chi connectivity index (χ2v) is 6.12. The van der Waals surface area contributed by atoms with E-state index in [1.807, 2.05) is 12.4 Å². The second-order valence-electron chi connectivity index (χ2n) is 6.12. The molecule has 2 heterocycles. The van der Waals surface area contributed by atoms with Crippen molar-refractivity contribution in [1.82, 2.24) is 15.2 Å². The quantitative estimate of drug-likeness (QED) is 0.804. The third-order valence-corrected chi connectivity index (χ3v) is 4.69. The zero-order valence-corrected chi connectivity index (χ0v) is 13.2. The third kappa shape index (κ3) is 2.98. The first kappa shape index (κ1) is 14.4. The summed E-state index contributed by atoms with van der Waals surface area (Å²) in [6, 6.07) is 19.9. The highest BCUT2D eigenvalue weighted by atomic mass is 15.2. The van der Waals surface area contributed by atoms with Gasteiger partial charge >= 0.3 is 0 Å². The molecule has 0 amide bonds. The van der Waals surface area contributed by atoms with Crippen molar-refractivity contribution in [3.63, 3.8) is 0 Å². The van der Waals surface area contributed by atoms with E-state index in [1.165, 1.54) is 21.9 Å². The minimum absolute atomic E-state index is 0.428. The van der Waals surface area contributed by atoms with E-state index in [0.717, 1.165) is 26.2 Å². The van der Waals surface area contributed by atoms with Gasteiger partial charge in [-0.05, 0) is 22.6 Å². The van der Waals surface area contributed by atoms with Crippen molar-refractivity contribution in [3.8, 4) is 0 Å². The van der Waals surface area contributed by atoms with E-state index in [4.69, 9.17) is 0 Å². The molecule has 0 saturated carbocycles. The number of nitrogens with one attached hydrogen (secondary N) is 1. The molecule has 3 nitrogen and oxygen atoms in total. The smallest absolute Gasteiger partial charge is 0.0476 e. The fourth-order valence-corrected chi connectivity index (χ4v) is 3.47. The van der Waals surface area contributed by atoms with Gasteiger partial charge in [0.15, 0.2) is 0 Å². The van der Waals surface area contributed by atoms with Crippen molar-refractivity contribution >= 4 is 10.8 Å². The van der Waals surface area contributed by atoms with Gasteiger partial charge in [-0.3, -0.25) is 9.88 Å². The Morgan fingerprint density at radius 1 is 1.04 bits per heavy atom. The van der Waals surface area contributed by atoms with Crippen LogP contribution in [0.15, 0.2) is 67.0 Å². The number of nitrogens with zero attached hydrogens (tertiary/aromatic N) is 2. The maximum Gasteiger partial charge on any atom is 0.0476 e. The number of piperazine rings is 1. The third-order valence-electron chi connectivity index (χ3n) is 4.69. The van der Waals surface area contributed by atoms with Crippen LogP contribution in [0.25, 0.3) is 10.8 Å². The molecule has 2 aromatic carbocycles. The molecule has 4 rings (SSSR count). The predicted octanol–water partition coefficient (Wildman–Crippen LogP) is 3.38. The first-order valence-electron chi connectivity index (χ1n) is 8.23. The number of hydrogen-bond donors (Lipinski definition) is 1. The molecule has 23 heavy (non-hydrogen) atoms. The normalized spacial score (nSPS) is 19.0. The Kier molecular flexibility index (Phi) is 4.05. The summed E-state index contributed by atoms with van der Waals surface area (Å²) in [6.45, 7) is 4.08. The summed E-state index contributed by atoms with van der Waals surface area (Å²) in [5.74, 6) is 0. The summed E-state index contributed by atoms with van der Waals surface area (Å²) in [5, 5.41) is 6.06. The number of benzene rings is 2. The molecule has 1 aromatic heterocycles. The number of rotatable bonds is 3. The van der Waals surface area contributed by atoms with Gasteiger partial charge in [-0.25, -0.2) is 0 Å². The van der Waals surface area contributed by atoms with E-state index in [-0.39, 0.29) is 0 Å². The van der Waals surface area contributed by atoms with E-state index in [1.54, 1.807) is 0 Å². The van der Waals surface area contributed by atoms with E-state index >= 15 is 0 Å². The summed E-state index contributed by atoms with van der Waals surface area (Å²) < 4.78 is 0. The highest BCUT2D eigenvalue weighted by Crippen LogP contribution is 2.26. The molecule has 0 radical (unpaired) electrons. The average Bonchev–Trinajstić information content (AvgIpc) is 2.63. The fraction of sp³-hybridized carbons (Fsp3) is 0.250. The summed E-state index contributed by atoms with van der Waals surface area (Å²) >= 11 is 0. The molecule has 0 spiro atoms. The molecule has 1 saturated heterocycles. The molecule has 0 bridgehead atoms. The van der Waals surface area contributed by atoms with Crippen LogP contribution in [0.1, 0.15) is 17.2 Å². The lowest BCUT2D eigenvalue weighted by Gasteiger charge is -2.36. The molecule has 3 aromatic rings. The zero-order valence-electron chi connectivity index (χ0n) is 13.2. The van der Waals surface area contributed by atoms with Crippen LogP contribution in [0.4, 0.5) is 0 Å². The van der Waals surface area contributed by atoms with Crippen LogP contribution in [-0.4, -0.2) is 29.5 Å². The first-order chi connectivity index (χ1) is 11.4. The molecule has 1 aliphatic heterocycles. The Labute approximate surface area is 137 Å². The van der Waals surface area contributed by atoms with Gasteiger partial charge in [0.25, 0.3) is 0 Å². The monoisotopic (exact) mass is 303 g/mol. The van der Waals surface area contributed by atoms with Crippen molar-refractivity contribution in [3.05, 3.63) is 78.1 Å². The number of aromatic nitrogens is 1. The molecule has 1 unspecified atom stereocenters. The van der Waals surface area contributed by atoms with Gasteiger partial charge in [-0.1, -0.05) is 48.5 Å². The molecule has 1 fully saturated rings. The predicted molar refractivity (Wildman–Crippen MR) is 94.2 cm³/mol. The Morgan fingerprint density at radius 2 is 1.96 bits per heavy atom. The summed E-state index contributed by atoms with van der Waals surface area (Å²) in [7, 11) is 0. The highest BCUT2D eigenvalue weighted by molar-refractivity contribution is 5.84. The van der Waals surface area contributed by atoms with Crippen molar-refractivity contribution in [2.75, 3.05) is 19.6 Å². The molecule has 3 heteroatoms.